The zero-order chi connectivity index (χ0) is 15.9. The molecule has 0 radical (unpaired) electrons. The van der Waals surface area contributed by atoms with Gasteiger partial charge in [-0.2, -0.15) is 0 Å². The summed E-state index contributed by atoms with van der Waals surface area (Å²) < 4.78 is 0. The molecule has 3 N–H and O–H groups in total. The summed E-state index contributed by atoms with van der Waals surface area (Å²) in [5.41, 5.74) is 8.24. The third-order valence-electron chi connectivity index (χ3n) is 3.74. The first-order valence-corrected chi connectivity index (χ1v) is 7.78. The number of halogens is 1. The van der Waals surface area contributed by atoms with Crippen molar-refractivity contribution in [1.29, 1.82) is 0 Å². The van der Waals surface area contributed by atoms with E-state index in [1.807, 2.05) is 61.5 Å². The normalized spacial score (nSPS) is 13.4. The molecule has 4 heteroatoms. The molecule has 2 aromatic carbocycles. The van der Waals surface area contributed by atoms with Crippen LogP contribution in [0.5, 0.6) is 0 Å². The van der Waals surface area contributed by atoms with Crippen molar-refractivity contribution in [3.05, 3.63) is 70.7 Å². The maximum absolute atomic E-state index is 12.2. The molecule has 2 rings (SSSR count). The smallest absolute Gasteiger partial charge is 0.224 e. The first-order chi connectivity index (χ1) is 10.6. The zero-order valence-corrected chi connectivity index (χ0v) is 13.4. The molecule has 0 saturated carbocycles. The molecule has 0 fully saturated rings. The highest BCUT2D eigenvalue weighted by Gasteiger charge is 2.21. The van der Waals surface area contributed by atoms with Crippen molar-refractivity contribution < 1.29 is 4.79 Å². The lowest BCUT2D eigenvalue weighted by Gasteiger charge is -2.19. The Labute approximate surface area is 136 Å². The average molecular weight is 317 g/mol. The van der Waals surface area contributed by atoms with Crippen molar-refractivity contribution >= 4 is 17.5 Å². The molecule has 0 aliphatic heterocycles. The van der Waals surface area contributed by atoms with E-state index < -0.39 is 0 Å². The van der Waals surface area contributed by atoms with Crippen LogP contribution in [-0.2, 0) is 11.2 Å². The molecule has 2 unspecified atom stereocenters. The van der Waals surface area contributed by atoms with E-state index in [2.05, 4.69) is 5.32 Å². The number of benzene rings is 2. The van der Waals surface area contributed by atoms with Gasteiger partial charge in [-0.3, -0.25) is 4.79 Å². The van der Waals surface area contributed by atoms with Crippen molar-refractivity contribution in [2.45, 2.75) is 19.4 Å². The number of nitrogens with two attached hydrogens (primary N) is 1. The first kappa shape index (κ1) is 16.5. The molecular formula is C18H21ClN2O. The van der Waals surface area contributed by atoms with Gasteiger partial charge >= 0.3 is 0 Å². The maximum Gasteiger partial charge on any atom is 0.224 e. The largest absolute Gasteiger partial charge is 0.355 e. The van der Waals surface area contributed by atoms with Crippen LogP contribution in [0, 0.1) is 5.92 Å². The second kappa shape index (κ2) is 7.97. The summed E-state index contributed by atoms with van der Waals surface area (Å²) in [5.74, 6) is -0.305. The number of hydrogen-bond donors (Lipinski definition) is 2. The van der Waals surface area contributed by atoms with Crippen LogP contribution in [0.25, 0.3) is 0 Å². The van der Waals surface area contributed by atoms with Crippen molar-refractivity contribution in [3.8, 4) is 0 Å². The number of rotatable bonds is 6. The quantitative estimate of drug-likeness (QED) is 0.859. The Balaban J connectivity index is 1.84. The van der Waals surface area contributed by atoms with Crippen LogP contribution < -0.4 is 11.1 Å². The molecule has 0 spiro atoms. The highest BCUT2D eigenvalue weighted by molar-refractivity contribution is 6.30. The van der Waals surface area contributed by atoms with Gasteiger partial charge in [0.25, 0.3) is 0 Å². The van der Waals surface area contributed by atoms with Gasteiger partial charge < -0.3 is 11.1 Å². The summed E-state index contributed by atoms with van der Waals surface area (Å²) in [5, 5.41) is 3.65. The Morgan fingerprint density at radius 2 is 1.91 bits per heavy atom. The molecular weight excluding hydrogens is 296 g/mol. The Hall–Kier alpha value is -1.84. The SMILES string of the molecule is CC(C(=O)NCCc1cccc(Cl)c1)C(N)c1ccccc1. The van der Waals surface area contributed by atoms with Crippen molar-refractivity contribution in [1.82, 2.24) is 5.32 Å². The van der Waals surface area contributed by atoms with Crippen LogP contribution >= 0.6 is 11.6 Å². The number of carbonyl (C=O) groups excluding carboxylic acids is 1. The molecule has 0 saturated heterocycles. The third-order valence-corrected chi connectivity index (χ3v) is 3.97. The van der Waals surface area contributed by atoms with Gasteiger partial charge in [0.15, 0.2) is 0 Å². The van der Waals surface area contributed by atoms with Gasteiger partial charge in [-0.1, -0.05) is 61.0 Å². The summed E-state index contributed by atoms with van der Waals surface area (Å²) in [7, 11) is 0. The van der Waals surface area contributed by atoms with Crippen molar-refractivity contribution in [2.75, 3.05) is 6.54 Å². The van der Waals surface area contributed by atoms with Crippen LogP contribution in [0.1, 0.15) is 24.1 Å². The lowest BCUT2D eigenvalue weighted by molar-refractivity contribution is -0.125. The highest BCUT2D eigenvalue weighted by atomic mass is 35.5. The number of carbonyl (C=O) groups is 1. The molecule has 0 heterocycles. The molecule has 2 aromatic rings. The van der Waals surface area contributed by atoms with Crippen LogP contribution in [0.2, 0.25) is 5.02 Å². The van der Waals surface area contributed by atoms with E-state index in [0.29, 0.717) is 11.6 Å². The monoisotopic (exact) mass is 316 g/mol. The summed E-state index contributed by atoms with van der Waals surface area (Å²) in [6.45, 7) is 2.43. The van der Waals surface area contributed by atoms with E-state index >= 15 is 0 Å². The molecule has 22 heavy (non-hydrogen) atoms. The lowest BCUT2D eigenvalue weighted by Crippen LogP contribution is -2.36. The maximum atomic E-state index is 12.2. The van der Waals surface area contributed by atoms with Gasteiger partial charge in [0, 0.05) is 17.6 Å². The van der Waals surface area contributed by atoms with Crippen LogP contribution in [-0.4, -0.2) is 12.5 Å². The first-order valence-electron chi connectivity index (χ1n) is 7.40. The van der Waals surface area contributed by atoms with Gasteiger partial charge in [0.1, 0.15) is 0 Å². The summed E-state index contributed by atoms with van der Waals surface area (Å²) in [6.07, 6.45) is 0.750. The van der Waals surface area contributed by atoms with E-state index in [-0.39, 0.29) is 17.9 Å². The molecule has 0 aliphatic carbocycles. The molecule has 116 valence electrons. The fourth-order valence-corrected chi connectivity index (χ4v) is 2.52. The second-order valence-electron chi connectivity index (χ2n) is 5.40. The van der Waals surface area contributed by atoms with Crippen LogP contribution in [0.4, 0.5) is 0 Å². The lowest BCUT2D eigenvalue weighted by atomic mass is 9.94. The van der Waals surface area contributed by atoms with E-state index in [9.17, 15) is 4.79 Å². The number of nitrogens with one attached hydrogen (secondary N) is 1. The van der Waals surface area contributed by atoms with E-state index in [0.717, 1.165) is 17.5 Å². The molecule has 0 aliphatic rings. The molecule has 3 nitrogen and oxygen atoms in total. The van der Waals surface area contributed by atoms with Crippen LogP contribution in [0.15, 0.2) is 54.6 Å². The summed E-state index contributed by atoms with van der Waals surface area (Å²) >= 11 is 5.94. The topological polar surface area (TPSA) is 55.1 Å². The minimum absolute atomic E-state index is 0.0293. The van der Waals surface area contributed by atoms with E-state index in [1.165, 1.54) is 0 Å². The molecule has 0 aromatic heterocycles. The zero-order valence-electron chi connectivity index (χ0n) is 12.6. The Bertz CT molecular complexity index is 615. The van der Waals surface area contributed by atoms with Gasteiger partial charge in [-0.15, -0.1) is 0 Å². The van der Waals surface area contributed by atoms with Gasteiger partial charge in [-0.25, -0.2) is 0 Å². The standard InChI is InChI=1S/C18H21ClN2O/c1-13(17(20)15-7-3-2-4-8-15)18(22)21-11-10-14-6-5-9-16(19)12-14/h2-9,12-13,17H,10-11,20H2,1H3,(H,21,22). The number of hydrogen-bond acceptors (Lipinski definition) is 2. The fraction of sp³-hybridized carbons (Fsp3) is 0.278. The van der Waals surface area contributed by atoms with Crippen molar-refractivity contribution in [3.63, 3.8) is 0 Å². The Morgan fingerprint density at radius 3 is 2.59 bits per heavy atom. The predicted octanol–water partition coefficient (Wildman–Crippen LogP) is 3.33. The average Bonchev–Trinajstić information content (AvgIpc) is 2.54. The fourth-order valence-electron chi connectivity index (χ4n) is 2.31. The minimum Gasteiger partial charge on any atom is -0.355 e. The Kier molecular flexibility index (Phi) is 5.99. The summed E-state index contributed by atoms with van der Waals surface area (Å²) in [4.78, 5) is 12.2. The second-order valence-corrected chi connectivity index (χ2v) is 5.83. The van der Waals surface area contributed by atoms with Crippen molar-refractivity contribution in [2.24, 2.45) is 11.7 Å². The van der Waals surface area contributed by atoms with Gasteiger partial charge in [0.05, 0.1) is 5.92 Å². The van der Waals surface area contributed by atoms with Crippen LogP contribution in [0.3, 0.4) is 0 Å². The van der Waals surface area contributed by atoms with E-state index in [4.69, 9.17) is 17.3 Å². The predicted molar refractivity (Wildman–Crippen MR) is 90.7 cm³/mol. The summed E-state index contributed by atoms with van der Waals surface area (Å²) in [6, 6.07) is 17.0. The van der Waals surface area contributed by atoms with Gasteiger partial charge in [0.2, 0.25) is 5.91 Å². The molecule has 1 amide bonds. The van der Waals surface area contributed by atoms with E-state index in [1.54, 1.807) is 0 Å². The molecule has 0 bridgehead atoms. The highest BCUT2D eigenvalue weighted by Crippen LogP contribution is 2.19. The minimum atomic E-state index is -0.299. The third kappa shape index (κ3) is 4.58. The number of amides is 1. The van der Waals surface area contributed by atoms with Gasteiger partial charge in [-0.05, 0) is 29.7 Å². The molecule has 2 atom stereocenters. The Morgan fingerprint density at radius 1 is 1.18 bits per heavy atom.